The van der Waals surface area contributed by atoms with Crippen LogP contribution in [0.2, 0.25) is 0 Å². The zero-order valence-electron chi connectivity index (χ0n) is 15.5. The number of carbonyl (C=O) groups excluding carboxylic acids is 1. The number of carbonyl (C=O) groups is 1. The van der Waals surface area contributed by atoms with Crippen molar-refractivity contribution in [3.63, 3.8) is 0 Å². The average molecular weight is 432 g/mol. The molecule has 0 spiro atoms. The van der Waals surface area contributed by atoms with E-state index < -0.39 is 0 Å². The summed E-state index contributed by atoms with van der Waals surface area (Å²) in [7, 11) is 0. The van der Waals surface area contributed by atoms with Crippen molar-refractivity contribution in [3.05, 3.63) is 88.2 Å². The predicted octanol–water partition coefficient (Wildman–Crippen LogP) is 5.93. The number of amides is 1. The molecule has 1 N–H and O–H groups in total. The van der Waals surface area contributed by atoms with E-state index in [4.69, 9.17) is 4.98 Å². The monoisotopic (exact) mass is 431 g/mol. The summed E-state index contributed by atoms with van der Waals surface area (Å²) in [6.07, 6.45) is 3.30. The molecule has 0 unspecified atom stereocenters. The quantitative estimate of drug-likeness (QED) is 0.437. The van der Waals surface area contributed by atoms with Crippen LogP contribution < -0.4 is 5.32 Å². The SMILES string of the molecule is Cc1ccc(-c2cc(C(=O)Nc3ccncc3)c3cc(Br)ccc3n2)cc1C. The minimum absolute atomic E-state index is 0.179. The Morgan fingerprint density at radius 2 is 1.71 bits per heavy atom. The highest BCUT2D eigenvalue weighted by molar-refractivity contribution is 9.10. The number of rotatable bonds is 3. The first-order valence-electron chi connectivity index (χ1n) is 8.90. The van der Waals surface area contributed by atoms with Crippen LogP contribution in [0.25, 0.3) is 22.2 Å². The maximum Gasteiger partial charge on any atom is 0.256 e. The van der Waals surface area contributed by atoms with E-state index in [1.54, 1.807) is 24.5 Å². The molecule has 1 amide bonds. The van der Waals surface area contributed by atoms with Gasteiger partial charge in [0.25, 0.3) is 5.91 Å². The van der Waals surface area contributed by atoms with Gasteiger partial charge >= 0.3 is 0 Å². The molecule has 0 aliphatic heterocycles. The lowest BCUT2D eigenvalue weighted by Gasteiger charge is -2.12. The van der Waals surface area contributed by atoms with Crippen molar-refractivity contribution >= 4 is 38.4 Å². The van der Waals surface area contributed by atoms with E-state index in [2.05, 4.69) is 52.2 Å². The number of fused-ring (bicyclic) bond motifs is 1. The Hall–Kier alpha value is -3.05. The summed E-state index contributed by atoms with van der Waals surface area (Å²) in [4.78, 5) is 21.9. The molecule has 4 nitrogen and oxygen atoms in total. The molecular weight excluding hydrogens is 414 g/mol. The Morgan fingerprint density at radius 3 is 2.46 bits per heavy atom. The van der Waals surface area contributed by atoms with Crippen molar-refractivity contribution in [3.8, 4) is 11.3 Å². The van der Waals surface area contributed by atoms with Crippen molar-refractivity contribution in [2.75, 3.05) is 5.32 Å². The number of nitrogens with one attached hydrogen (secondary N) is 1. The van der Waals surface area contributed by atoms with Crippen molar-refractivity contribution < 1.29 is 4.79 Å². The fraction of sp³-hybridized carbons (Fsp3) is 0.0870. The molecule has 0 aliphatic rings. The molecule has 2 aromatic carbocycles. The first kappa shape index (κ1) is 18.3. The van der Waals surface area contributed by atoms with Gasteiger partial charge in [-0.1, -0.05) is 28.1 Å². The maximum absolute atomic E-state index is 13.1. The number of hydrogen-bond acceptors (Lipinski definition) is 3. The molecule has 5 heteroatoms. The Labute approximate surface area is 171 Å². The van der Waals surface area contributed by atoms with Crippen LogP contribution in [0, 0.1) is 13.8 Å². The third kappa shape index (κ3) is 3.66. The van der Waals surface area contributed by atoms with Crippen LogP contribution in [0.15, 0.2) is 71.5 Å². The van der Waals surface area contributed by atoms with Gasteiger partial charge in [0, 0.05) is 33.5 Å². The highest BCUT2D eigenvalue weighted by Crippen LogP contribution is 2.28. The summed E-state index contributed by atoms with van der Waals surface area (Å²) < 4.78 is 0.902. The largest absolute Gasteiger partial charge is 0.322 e. The zero-order valence-corrected chi connectivity index (χ0v) is 17.1. The summed E-state index contributed by atoms with van der Waals surface area (Å²) in [6, 6.07) is 17.4. The van der Waals surface area contributed by atoms with Crippen LogP contribution in [-0.4, -0.2) is 15.9 Å². The molecule has 0 aliphatic carbocycles. The van der Waals surface area contributed by atoms with E-state index in [0.717, 1.165) is 26.6 Å². The molecule has 0 bridgehead atoms. The topological polar surface area (TPSA) is 54.9 Å². The van der Waals surface area contributed by atoms with E-state index in [1.807, 2.05) is 30.3 Å². The first-order valence-corrected chi connectivity index (χ1v) is 9.70. The van der Waals surface area contributed by atoms with E-state index >= 15 is 0 Å². The number of pyridine rings is 2. The molecule has 4 aromatic rings. The van der Waals surface area contributed by atoms with Gasteiger partial charge in [-0.25, -0.2) is 4.98 Å². The molecule has 138 valence electrons. The Morgan fingerprint density at radius 1 is 0.929 bits per heavy atom. The van der Waals surface area contributed by atoms with E-state index in [0.29, 0.717) is 11.3 Å². The van der Waals surface area contributed by atoms with Gasteiger partial charge in [-0.3, -0.25) is 9.78 Å². The second kappa shape index (κ2) is 7.52. The van der Waals surface area contributed by atoms with Crippen LogP contribution in [-0.2, 0) is 0 Å². The Kier molecular flexibility index (Phi) is 4.92. The predicted molar refractivity (Wildman–Crippen MR) is 117 cm³/mol. The van der Waals surface area contributed by atoms with Crippen molar-refractivity contribution in [1.29, 1.82) is 0 Å². The van der Waals surface area contributed by atoms with Gasteiger partial charge < -0.3 is 5.32 Å². The number of aryl methyl sites for hydroxylation is 2. The smallest absolute Gasteiger partial charge is 0.256 e. The Bertz CT molecular complexity index is 1190. The summed E-state index contributed by atoms with van der Waals surface area (Å²) >= 11 is 3.50. The maximum atomic E-state index is 13.1. The molecule has 0 atom stereocenters. The van der Waals surface area contributed by atoms with Crippen LogP contribution in [0.4, 0.5) is 5.69 Å². The van der Waals surface area contributed by atoms with Crippen LogP contribution >= 0.6 is 15.9 Å². The van der Waals surface area contributed by atoms with Gasteiger partial charge in [-0.05, 0) is 67.4 Å². The van der Waals surface area contributed by atoms with E-state index in [-0.39, 0.29) is 5.91 Å². The van der Waals surface area contributed by atoms with Crippen molar-refractivity contribution in [1.82, 2.24) is 9.97 Å². The lowest BCUT2D eigenvalue weighted by Crippen LogP contribution is -2.13. The van der Waals surface area contributed by atoms with Gasteiger partial charge in [0.1, 0.15) is 0 Å². The van der Waals surface area contributed by atoms with Crippen molar-refractivity contribution in [2.24, 2.45) is 0 Å². The van der Waals surface area contributed by atoms with Crippen LogP contribution in [0.1, 0.15) is 21.5 Å². The number of halogens is 1. The van der Waals surface area contributed by atoms with Gasteiger partial charge in [0.15, 0.2) is 0 Å². The number of nitrogens with zero attached hydrogens (tertiary/aromatic N) is 2. The second-order valence-electron chi connectivity index (χ2n) is 6.71. The number of hydrogen-bond donors (Lipinski definition) is 1. The van der Waals surface area contributed by atoms with Crippen molar-refractivity contribution in [2.45, 2.75) is 13.8 Å². The number of anilines is 1. The molecule has 0 fully saturated rings. The third-order valence-electron chi connectivity index (χ3n) is 4.76. The number of benzene rings is 2. The summed E-state index contributed by atoms with van der Waals surface area (Å²) in [5, 5.41) is 3.75. The van der Waals surface area contributed by atoms with Gasteiger partial charge in [0.2, 0.25) is 0 Å². The lowest BCUT2D eigenvalue weighted by molar-refractivity contribution is 0.102. The van der Waals surface area contributed by atoms with Crippen LogP contribution in [0.5, 0.6) is 0 Å². The fourth-order valence-electron chi connectivity index (χ4n) is 3.07. The molecular formula is C23H18BrN3O. The Balaban J connectivity index is 1.86. The standard InChI is InChI=1S/C23H18BrN3O/c1-14-3-4-16(11-15(14)2)22-13-20(19-12-17(24)5-6-21(19)27-22)23(28)26-18-7-9-25-10-8-18/h3-13H,1-2H3,(H,25,26,28). The van der Waals surface area contributed by atoms with Gasteiger partial charge in [-0.2, -0.15) is 0 Å². The van der Waals surface area contributed by atoms with Gasteiger partial charge in [-0.15, -0.1) is 0 Å². The minimum Gasteiger partial charge on any atom is -0.322 e. The number of aromatic nitrogens is 2. The van der Waals surface area contributed by atoms with E-state index in [9.17, 15) is 4.79 Å². The molecule has 0 saturated heterocycles. The van der Waals surface area contributed by atoms with Crippen LogP contribution in [0.3, 0.4) is 0 Å². The summed E-state index contributed by atoms with van der Waals surface area (Å²) in [5.41, 5.74) is 6.24. The normalized spacial score (nSPS) is 10.8. The zero-order chi connectivity index (χ0) is 19.7. The first-order chi connectivity index (χ1) is 13.5. The average Bonchev–Trinajstić information content (AvgIpc) is 2.70. The fourth-order valence-corrected chi connectivity index (χ4v) is 3.43. The molecule has 4 rings (SSSR count). The molecule has 2 aromatic heterocycles. The highest BCUT2D eigenvalue weighted by atomic mass is 79.9. The van der Waals surface area contributed by atoms with E-state index in [1.165, 1.54) is 11.1 Å². The molecule has 2 heterocycles. The minimum atomic E-state index is -0.179. The summed E-state index contributed by atoms with van der Waals surface area (Å²) in [6.45, 7) is 4.16. The molecule has 0 saturated carbocycles. The third-order valence-corrected chi connectivity index (χ3v) is 5.25. The summed E-state index contributed by atoms with van der Waals surface area (Å²) in [5.74, 6) is -0.179. The lowest BCUT2D eigenvalue weighted by atomic mass is 10.0. The second-order valence-corrected chi connectivity index (χ2v) is 7.62. The molecule has 28 heavy (non-hydrogen) atoms. The van der Waals surface area contributed by atoms with Gasteiger partial charge in [0.05, 0.1) is 16.8 Å². The highest BCUT2D eigenvalue weighted by Gasteiger charge is 2.15. The molecule has 0 radical (unpaired) electrons.